The maximum atomic E-state index is 11.4. The Morgan fingerprint density at radius 3 is 2.76 bits per heavy atom. The van der Waals surface area contributed by atoms with Crippen molar-refractivity contribution in [2.75, 3.05) is 7.11 Å². The summed E-state index contributed by atoms with van der Waals surface area (Å²) in [6.45, 7) is 4.18. The zero-order chi connectivity index (χ0) is 12.4. The minimum Gasteiger partial charge on any atom is -0.463 e. The van der Waals surface area contributed by atoms with Crippen LogP contribution in [0.5, 0.6) is 0 Å². The fourth-order valence-electron chi connectivity index (χ4n) is 1.73. The van der Waals surface area contributed by atoms with Crippen LogP contribution in [0.25, 0.3) is 10.9 Å². The monoisotopic (exact) mass is 230 g/mol. The number of hydrogen-bond donors (Lipinski definition) is 0. The fraction of sp³-hybridized carbons (Fsp3) is 0.308. The molecule has 0 aliphatic carbocycles. The Hall–Kier alpha value is -1.97. The molecule has 0 atom stereocenters. The van der Waals surface area contributed by atoms with Crippen molar-refractivity contribution in [3.05, 3.63) is 35.8 Å². The molecule has 4 nitrogen and oxygen atoms in total. The van der Waals surface area contributed by atoms with Crippen molar-refractivity contribution in [1.82, 2.24) is 9.97 Å². The molecular formula is C13H14N2O2. The van der Waals surface area contributed by atoms with E-state index in [0.29, 0.717) is 5.92 Å². The predicted molar refractivity (Wildman–Crippen MR) is 65.0 cm³/mol. The van der Waals surface area contributed by atoms with Gasteiger partial charge in [0.1, 0.15) is 0 Å². The van der Waals surface area contributed by atoms with Gasteiger partial charge in [-0.3, -0.25) is 0 Å². The summed E-state index contributed by atoms with van der Waals surface area (Å²) in [5.41, 5.74) is 1.92. The minimum atomic E-state index is -0.509. The maximum absolute atomic E-state index is 11.4. The van der Waals surface area contributed by atoms with Gasteiger partial charge in [0.15, 0.2) is 0 Å². The highest BCUT2D eigenvalue weighted by Gasteiger charge is 2.12. The first-order valence-electron chi connectivity index (χ1n) is 5.47. The number of ether oxygens (including phenoxy) is 1. The van der Waals surface area contributed by atoms with Crippen LogP contribution in [-0.2, 0) is 4.74 Å². The number of carbonyl (C=O) groups is 1. The Morgan fingerprint density at radius 2 is 2.12 bits per heavy atom. The van der Waals surface area contributed by atoms with Crippen LogP contribution in [0, 0.1) is 0 Å². The Kier molecular flexibility index (Phi) is 3.04. The van der Waals surface area contributed by atoms with Gasteiger partial charge in [0.05, 0.1) is 12.6 Å². The van der Waals surface area contributed by atoms with Gasteiger partial charge in [-0.2, -0.15) is 0 Å². The van der Waals surface area contributed by atoms with E-state index in [1.54, 1.807) is 6.20 Å². The molecule has 1 aromatic heterocycles. The molecule has 1 heterocycles. The highest BCUT2D eigenvalue weighted by atomic mass is 16.5. The van der Waals surface area contributed by atoms with Gasteiger partial charge in [0, 0.05) is 11.6 Å². The Bertz CT molecular complexity index is 564. The molecule has 88 valence electrons. The van der Waals surface area contributed by atoms with E-state index in [1.165, 1.54) is 7.11 Å². The summed E-state index contributed by atoms with van der Waals surface area (Å²) < 4.78 is 4.62. The average Bonchev–Trinajstić information content (AvgIpc) is 2.36. The third-order valence-corrected chi connectivity index (χ3v) is 2.63. The summed E-state index contributed by atoms with van der Waals surface area (Å²) >= 11 is 0. The summed E-state index contributed by atoms with van der Waals surface area (Å²) in [5.74, 6) is -0.0577. The summed E-state index contributed by atoms with van der Waals surface area (Å²) in [6.07, 6.45) is 1.65. The van der Waals surface area contributed by atoms with Crippen LogP contribution in [0.2, 0.25) is 0 Å². The summed E-state index contributed by atoms with van der Waals surface area (Å²) in [7, 11) is 1.32. The lowest BCUT2D eigenvalue weighted by molar-refractivity contribution is 0.0587. The zero-order valence-electron chi connectivity index (χ0n) is 10.1. The van der Waals surface area contributed by atoms with Crippen LogP contribution in [0.1, 0.15) is 35.9 Å². The first-order chi connectivity index (χ1) is 8.13. The molecule has 2 aromatic rings. The predicted octanol–water partition coefficient (Wildman–Crippen LogP) is 2.54. The van der Waals surface area contributed by atoms with Gasteiger partial charge in [-0.25, -0.2) is 14.8 Å². The standard InChI is InChI=1S/C13H14N2O2/c1-8(2)10-6-4-5-9-7-14-12(13(16)17-3)15-11(9)10/h4-8H,1-3H3. The van der Waals surface area contributed by atoms with Gasteiger partial charge in [0.25, 0.3) is 0 Å². The van der Waals surface area contributed by atoms with Crippen molar-refractivity contribution in [3.8, 4) is 0 Å². The topological polar surface area (TPSA) is 52.1 Å². The summed E-state index contributed by atoms with van der Waals surface area (Å²) in [4.78, 5) is 19.7. The van der Waals surface area contributed by atoms with Crippen LogP contribution in [0.3, 0.4) is 0 Å². The highest BCUT2D eigenvalue weighted by Crippen LogP contribution is 2.23. The second kappa shape index (κ2) is 4.49. The molecule has 0 aliphatic rings. The molecule has 1 aromatic carbocycles. The first-order valence-corrected chi connectivity index (χ1v) is 5.47. The Morgan fingerprint density at radius 1 is 1.35 bits per heavy atom. The molecule has 2 rings (SSSR count). The molecule has 0 amide bonds. The summed E-state index contributed by atoms with van der Waals surface area (Å²) in [5, 5.41) is 0.934. The molecule has 0 aliphatic heterocycles. The minimum absolute atomic E-state index is 0.105. The number of benzene rings is 1. The van der Waals surface area contributed by atoms with Crippen LogP contribution in [-0.4, -0.2) is 23.0 Å². The number of carbonyl (C=O) groups excluding carboxylic acids is 1. The smallest absolute Gasteiger partial charge is 0.376 e. The molecule has 0 spiro atoms. The van der Waals surface area contributed by atoms with E-state index in [4.69, 9.17) is 0 Å². The molecule has 0 radical (unpaired) electrons. The number of para-hydroxylation sites is 1. The van der Waals surface area contributed by atoms with E-state index >= 15 is 0 Å². The second-order valence-corrected chi connectivity index (χ2v) is 4.12. The van der Waals surface area contributed by atoms with Gasteiger partial charge in [-0.05, 0) is 11.5 Å². The van der Waals surface area contributed by atoms with Crippen molar-refractivity contribution in [2.45, 2.75) is 19.8 Å². The maximum Gasteiger partial charge on any atom is 0.376 e. The Labute approximate surface area is 99.7 Å². The fourth-order valence-corrected chi connectivity index (χ4v) is 1.73. The summed E-state index contributed by atoms with van der Waals surface area (Å²) in [6, 6.07) is 5.92. The number of methoxy groups -OCH3 is 1. The second-order valence-electron chi connectivity index (χ2n) is 4.12. The molecule has 0 bridgehead atoms. The van der Waals surface area contributed by atoms with Crippen LogP contribution in [0.4, 0.5) is 0 Å². The van der Waals surface area contributed by atoms with Crippen molar-refractivity contribution in [1.29, 1.82) is 0 Å². The molecule has 0 unspecified atom stereocenters. The number of hydrogen-bond acceptors (Lipinski definition) is 4. The molecule has 0 saturated heterocycles. The van der Waals surface area contributed by atoms with Crippen molar-refractivity contribution in [3.63, 3.8) is 0 Å². The molecule has 0 N–H and O–H groups in total. The van der Waals surface area contributed by atoms with Crippen LogP contribution in [0.15, 0.2) is 24.4 Å². The van der Waals surface area contributed by atoms with Gasteiger partial charge in [0.2, 0.25) is 5.82 Å². The number of esters is 1. The van der Waals surface area contributed by atoms with E-state index in [1.807, 2.05) is 18.2 Å². The van der Waals surface area contributed by atoms with Crippen LogP contribution >= 0.6 is 0 Å². The van der Waals surface area contributed by atoms with Gasteiger partial charge < -0.3 is 4.74 Å². The molecule has 17 heavy (non-hydrogen) atoms. The van der Waals surface area contributed by atoms with E-state index < -0.39 is 5.97 Å². The quantitative estimate of drug-likeness (QED) is 0.744. The van der Waals surface area contributed by atoms with Crippen molar-refractivity contribution in [2.24, 2.45) is 0 Å². The molecule has 0 fully saturated rings. The highest BCUT2D eigenvalue weighted by molar-refractivity contribution is 5.89. The van der Waals surface area contributed by atoms with Crippen molar-refractivity contribution < 1.29 is 9.53 Å². The number of aromatic nitrogens is 2. The zero-order valence-corrected chi connectivity index (χ0v) is 10.1. The lowest BCUT2D eigenvalue weighted by Crippen LogP contribution is -2.07. The van der Waals surface area contributed by atoms with Gasteiger partial charge >= 0.3 is 5.97 Å². The Balaban J connectivity index is 2.65. The normalized spacial score (nSPS) is 10.8. The number of nitrogens with zero attached hydrogens (tertiary/aromatic N) is 2. The molecular weight excluding hydrogens is 216 g/mol. The van der Waals surface area contributed by atoms with Crippen molar-refractivity contribution >= 4 is 16.9 Å². The number of rotatable bonds is 2. The van der Waals surface area contributed by atoms with Crippen LogP contribution < -0.4 is 0 Å². The van der Waals surface area contributed by atoms with Gasteiger partial charge in [-0.1, -0.05) is 32.0 Å². The van der Waals surface area contributed by atoms with E-state index in [0.717, 1.165) is 16.5 Å². The lowest BCUT2D eigenvalue weighted by atomic mass is 10.0. The van der Waals surface area contributed by atoms with E-state index in [2.05, 4.69) is 28.6 Å². The average molecular weight is 230 g/mol. The molecule has 0 saturated carbocycles. The largest absolute Gasteiger partial charge is 0.463 e. The third kappa shape index (κ3) is 2.11. The van der Waals surface area contributed by atoms with Gasteiger partial charge in [-0.15, -0.1) is 0 Å². The lowest BCUT2D eigenvalue weighted by Gasteiger charge is -2.09. The van der Waals surface area contributed by atoms with E-state index in [9.17, 15) is 4.79 Å². The first kappa shape index (κ1) is 11.5. The molecule has 4 heteroatoms. The SMILES string of the molecule is COC(=O)c1ncc2cccc(C(C)C)c2n1. The van der Waals surface area contributed by atoms with E-state index in [-0.39, 0.29) is 5.82 Å². The number of fused-ring (bicyclic) bond motifs is 1. The third-order valence-electron chi connectivity index (χ3n) is 2.63.